The van der Waals surface area contributed by atoms with Crippen LogP contribution in [0.2, 0.25) is 0 Å². The number of benzene rings is 3. The van der Waals surface area contributed by atoms with Gasteiger partial charge in [0.15, 0.2) is 6.61 Å². The summed E-state index contributed by atoms with van der Waals surface area (Å²) >= 11 is 0. The second-order valence-electron chi connectivity index (χ2n) is 12.2. The first-order chi connectivity index (χ1) is 24.6. The van der Waals surface area contributed by atoms with E-state index in [-0.39, 0.29) is 23.2 Å². The number of piperazine rings is 1. The minimum absolute atomic E-state index is 0.00686. The summed E-state index contributed by atoms with van der Waals surface area (Å²) in [5.41, 5.74) is 1.66. The van der Waals surface area contributed by atoms with Crippen LogP contribution in [0.25, 0.3) is 10.9 Å². The lowest BCUT2D eigenvalue weighted by Gasteiger charge is -2.34. The molecule has 1 saturated heterocycles. The number of aryl methyl sites for hydroxylation is 1. The van der Waals surface area contributed by atoms with Gasteiger partial charge in [-0.25, -0.2) is 9.97 Å². The summed E-state index contributed by atoms with van der Waals surface area (Å²) < 4.78 is 88.3. The molecule has 2 amide bonds. The molecule has 5 aromatic rings. The van der Waals surface area contributed by atoms with Gasteiger partial charge in [-0.05, 0) is 60.2 Å². The molecule has 3 aromatic carbocycles. The number of rotatable bonds is 9. The average Bonchev–Trinajstić information content (AvgIpc) is 3.45. The fourth-order valence-electron chi connectivity index (χ4n) is 5.72. The number of halogens is 6. The lowest BCUT2D eigenvalue weighted by atomic mass is 10.1. The molecule has 1 aliphatic rings. The van der Waals surface area contributed by atoms with Crippen LogP contribution < -0.4 is 14.4 Å². The molecule has 1 aliphatic heterocycles. The number of hydrogen-bond acceptors (Lipinski definition) is 7. The zero-order chi connectivity index (χ0) is 37.2. The van der Waals surface area contributed by atoms with Crippen molar-refractivity contribution in [2.24, 2.45) is 7.05 Å². The van der Waals surface area contributed by atoms with Crippen molar-refractivity contribution < 1.29 is 45.4 Å². The molecule has 0 radical (unpaired) electrons. The van der Waals surface area contributed by atoms with Crippen LogP contribution in [0.3, 0.4) is 0 Å². The average molecular weight is 727 g/mol. The highest BCUT2D eigenvalue weighted by Gasteiger charge is 2.31. The second-order valence-corrected chi connectivity index (χ2v) is 12.2. The van der Waals surface area contributed by atoms with Crippen LogP contribution in [0, 0.1) is 0 Å². The van der Waals surface area contributed by atoms with Gasteiger partial charge in [0.2, 0.25) is 0 Å². The van der Waals surface area contributed by atoms with E-state index in [1.54, 1.807) is 40.8 Å². The summed E-state index contributed by atoms with van der Waals surface area (Å²) in [4.78, 5) is 39.9. The Labute approximate surface area is 293 Å². The third-order valence-electron chi connectivity index (χ3n) is 8.60. The zero-order valence-electron chi connectivity index (χ0n) is 27.9. The molecule has 0 aliphatic carbocycles. The number of fused-ring (bicyclic) bond motifs is 1. The molecule has 3 heterocycles. The van der Waals surface area contributed by atoms with Crippen LogP contribution in [0.1, 0.15) is 32.0 Å². The number of hydrogen-bond donors (Lipinski definition) is 0. The third kappa shape index (κ3) is 8.45. The van der Waals surface area contributed by atoms with Crippen LogP contribution >= 0.6 is 0 Å². The summed E-state index contributed by atoms with van der Waals surface area (Å²) in [7, 11) is 3.24. The first kappa shape index (κ1) is 36.2. The molecule has 52 heavy (non-hydrogen) atoms. The normalized spacial score (nSPS) is 14.0. The lowest BCUT2D eigenvalue weighted by Crippen LogP contribution is -2.48. The van der Waals surface area contributed by atoms with Crippen LogP contribution in [-0.4, -0.2) is 82.2 Å². The van der Waals surface area contributed by atoms with Crippen LogP contribution in [0.4, 0.5) is 32.0 Å². The van der Waals surface area contributed by atoms with Crippen molar-refractivity contribution >= 4 is 28.4 Å². The van der Waals surface area contributed by atoms with Crippen molar-refractivity contribution in [3.8, 4) is 17.5 Å². The predicted octanol–water partition coefficient (Wildman–Crippen LogP) is 6.96. The molecule has 0 bridgehead atoms. The Morgan fingerprint density at radius 1 is 0.827 bits per heavy atom. The Morgan fingerprint density at radius 3 is 2.08 bits per heavy atom. The maximum atomic E-state index is 13.5. The van der Waals surface area contributed by atoms with E-state index < -0.39 is 30.4 Å². The Hall–Kier alpha value is -5.64. The Bertz CT molecular complexity index is 2040. The van der Waals surface area contributed by atoms with Crippen LogP contribution in [0.5, 0.6) is 17.5 Å². The molecule has 0 N–H and O–H groups in total. The van der Waals surface area contributed by atoms with Gasteiger partial charge in [0.05, 0.1) is 29.2 Å². The minimum atomic E-state index is -4.51. The van der Waals surface area contributed by atoms with Crippen molar-refractivity contribution in [2.45, 2.75) is 18.9 Å². The summed E-state index contributed by atoms with van der Waals surface area (Å²) in [6, 6.07) is 17.5. The first-order valence-electron chi connectivity index (χ1n) is 16.0. The maximum absolute atomic E-state index is 13.5. The molecule has 0 atom stereocenters. The van der Waals surface area contributed by atoms with Gasteiger partial charge in [0.1, 0.15) is 17.2 Å². The molecule has 0 saturated carbocycles. The quantitative estimate of drug-likeness (QED) is 0.152. The summed E-state index contributed by atoms with van der Waals surface area (Å²) in [6.07, 6.45) is -6.20. The molecular formula is C36H32F6N6O4. The summed E-state index contributed by atoms with van der Waals surface area (Å²) in [5, 5.41) is 0.819. The minimum Gasteiger partial charge on any atom is -0.484 e. The molecule has 2 aromatic heterocycles. The van der Waals surface area contributed by atoms with Gasteiger partial charge >= 0.3 is 18.4 Å². The molecule has 16 heteroatoms. The van der Waals surface area contributed by atoms with E-state index in [0.29, 0.717) is 49.9 Å². The molecule has 6 rings (SSSR count). The largest absolute Gasteiger partial charge is 0.484 e. The number of carbonyl (C=O) groups excluding carboxylic acids is 2. The highest BCUT2D eigenvalue weighted by Crippen LogP contribution is 2.30. The lowest BCUT2D eigenvalue weighted by molar-refractivity contribution is -0.153. The van der Waals surface area contributed by atoms with Gasteiger partial charge in [0, 0.05) is 63.8 Å². The third-order valence-corrected chi connectivity index (χ3v) is 8.60. The molecular weight excluding hydrogens is 694 g/mol. The molecule has 0 unspecified atom stereocenters. The van der Waals surface area contributed by atoms with E-state index in [2.05, 4.69) is 14.9 Å². The Balaban J connectivity index is 1.04. The standard InChI is InChI=1S/C36H32F6N6O4/c1-45(32(49)24-5-8-26(9-6-24)36(40,41)42)27-19-43-34(44-20-27)52-29-12-7-25-17-31(46(2)30(25)18-29)33(50)48-15-13-47(14-16-48)21-23-3-10-28(11-4-23)51-22-35(37,38)39/h3-12,17-20H,13-16,21-22H2,1-2H3. The topological polar surface area (TPSA) is 93.0 Å². The summed E-state index contributed by atoms with van der Waals surface area (Å²) in [5.74, 6) is -0.115. The molecule has 10 nitrogen and oxygen atoms in total. The fourth-order valence-corrected chi connectivity index (χ4v) is 5.72. The van der Waals surface area contributed by atoms with Crippen LogP contribution in [0.15, 0.2) is 85.2 Å². The van der Waals surface area contributed by atoms with Gasteiger partial charge in [0.25, 0.3) is 11.8 Å². The van der Waals surface area contributed by atoms with E-state index in [1.165, 1.54) is 36.5 Å². The molecule has 0 spiro atoms. The van der Waals surface area contributed by atoms with Gasteiger partial charge in [-0.1, -0.05) is 12.1 Å². The van der Waals surface area contributed by atoms with Crippen molar-refractivity contribution in [1.82, 2.24) is 24.3 Å². The smallest absolute Gasteiger partial charge is 0.422 e. The number of aromatic nitrogens is 3. The Morgan fingerprint density at radius 2 is 1.46 bits per heavy atom. The number of alkyl halides is 6. The summed E-state index contributed by atoms with van der Waals surface area (Å²) in [6.45, 7) is 1.49. The molecule has 272 valence electrons. The van der Waals surface area contributed by atoms with Gasteiger partial charge in [-0.15, -0.1) is 0 Å². The first-order valence-corrected chi connectivity index (χ1v) is 16.0. The SMILES string of the molecule is CN(C(=O)c1ccc(C(F)(F)F)cc1)c1cnc(Oc2ccc3cc(C(=O)N4CCN(Cc5ccc(OCC(F)(F)F)cc5)CC4)n(C)c3c2)nc1. The number of carbonyl (C=O) groups is 2. The highest BCUT2D eigenvalue weighted by molar-refractivity contribution is 6.05. The number of ether oxygens (including phenoxy) is 2. The number of anilines is 1. The fraction of sp³-hybridized carbons (Fsp3) is 0.278. The van der Waals surface area contributed by atoms with E-state index in [0.717, 1.165) is 40.7 Å². The highest BCUT2D eigenvalue weighted by atomic mass is 19.4. The number of amides is 2. The van der Waals surface area contributed by atoms with Gasteiger partial charge < -0.3 is 23.8 Å². The maximum Gasteiger partial charge on any atom is 0.422 e. The molecule has 1 fully saturated rings. The van der Waals surface area contributed by atoms with Crippen LogP contribution in [-0.2, 0) is 19.8 Å². The van der Waals surface area contributed by atoms with Crippen molar-refractivity contribution in [1.29, 1.82) is 0 Å². The van der Waals surface area contributed by atoms with Gasteiger partial charge in [-0.2, -0.15) is 26.3 Å². The van der Waals surface area contributed by atoms with Crippen molar-refractivity contribution in [3.05, 3.63) is 108 Å². The number of nitrogens with zero attached hydrogens (tertiary/aromatic N) is 6. The van der Waals surface area contributed by atoms with E-state index >= 15 is 0 Å². The van der Waals surface area contributed by atoms with E-state index in [9.17, 15) is 35.9 Å². The van der Waals surface area contributed by atoms with Gasteiger partial charge in [-0.3, -0.25) is 14.5 Å². The van der Waals surface area contributed by atoms with Crippen molar-refractivity contribution in [3.63, 3.8) is 0 Å². The second kappa shape index (κ2) is 14.5. The van der Waals surface area contributed by atoms with E-state index in [4.69, 9.17) is 9.47 Å². The van der Waals surface area contributed by atoms with E-state index in [1.807, 2.05) is 12.1 Å². The monoisotopic (exact) mass is 726 g/mol. The Kier molecular flexibility index (Phi) is 10.1. The van der Waals surface area contributed by atoms with Crippen molar-refractivity contribution in [2.75, 3.05) is 44.7 Å². The predicted molar refractivity (Wildman–Crippen MR) is 178 cm³/mol. The zero-order valence-corrected chi connectivity index (χ0v) is 27.9.